The second kappa shape index (κ2) is 5.17. The third kappa shape index (κ3) is 3.31. The molecule has 0 atom stereocenters. The monoisotopic (exact) mass is 541 g/mol. The zero-order valence-corrected chi connectivity index (χ0v) is 13.5. The van der Waals surface area contributed by atoms with Crippen LogP contribution in [0.1, 0.15) is 11.1 Å². The van der Waals surface area contributed by atoms with Gasteiger partial charge in [-0.1, -0.05) is 66.2 Å². The SMILES string of the molecule is Cc1[c-]c(I)c(C)c(I)c1.[W]. The van der Waals surface area contributed by atoms with Gasteiger partial charge >= 0.3 is 0 Å². The number of halogens is 2. The third-order valence-corrected chi connectivity index (χ3v) is 3.54. The molecule has 11 heavy (non-hydrogen) atoms. The second-order valence-electron chi connectivity index (χ2n) is 2.24. The third-order valence-electron chi connectivity index (χ3n) is 1.34. The molecule has 60 valence electrons. The molecule has 0 saturated heterocycles. The van der Waals surface area contributed by atoms with Crippen LogP contribution in [0.4, 0.5) is 0 Å². The topological polar surface area (TPSA) is 0 Å². The predicted octanol–water partition coefficient (Wildman–Crippen LogP) is 3.31. The van der Waals surface area contributed by atoms with Gasteiger partial charge in [-0.25, -0.2) is 0 Å². The van der Waals surface area contributed by atoms with Crippen molar-refractivity contribution in [3.05, 3.63) is 30.4 Å². The van der Waals surface area contributed by atoms with Crippen LogP contribution in [0.25, 0.3) is 0 Å². The zero-order chi connectivity index (χ0) is 7.72. The quantitative estimate of drug-likeness (QED) is 0.350. The molecule has 0 aliphatic carbocycles. The van der Waals surface area contributed by atoms with Crippen molar-refractivity contribution in [2.75, 3.05) is 0 Å². The van der Waals surface area contributed by atoms with Gasteiger partial charge in [0.2, 0.25) is 0 Å². The summed E-state index contributed by atoms with van der Waals surface area (Å²) in [4.78, 5) is 0. The van der Waals surface area contributed by atoms with Gasteiger partial charge in [0.15, 0.2) is 0 Å². The van der Waals surface area contributed by atoms with E-state index in [2.05, 4.69) is 71.2 Å². The molecule has 0 radical (unpaired) electrons. The minimum atomic E-state index is 0. The van der Waals surface area contributed by atoms with Crippen molar-refractivity contribution in [1.82, 2.24) is 0 Å². The first-order valence-corrected chi connectivity index (χ1v) is 5.11. The average molecular weight is 541 g/mol. The minimum absolute atomic E-state index is 0. The number of rotatable bonds is 0. The molecule has 1 aromatic rings. The second-order valence-corrected chi connectivity index (χ2v) is 4.48. The van der Waals surface area contributed by atoms with Gasteiger partial charge in [-0.15, -0.1) is 5.56 Å². The number of hydrogen-bond acceptors (Lipinski definition) is 0. The molecular formula is C8H7I2W-. The largest absolute Gasteiger partial charge is 0.166 e. The van der Waals surface area contributed by atoms with Crippen molar-refractivity contribution < 1.29 is 21.1 Å². The molecule has 0 heterocycles. The van der Waals surface area contributed by atoms with Crippen LogP contribution < -0.4 is 0 Å². The van der Waals surface area contributed by atoms with Gasteiger partial charge in [-0.3, -0.25) is 0 Å². The van der Waals surface area contributed by atoms with Crippen molar-refractivity contribution in [3.63, 3.8) is 0 Å². The van der Waals surface area contributed by atoms with Crippen LogP contribution in [0.5, 0.6) is 0 Å². The molecular weight excluding hydrogens is 534 g/mol. The molecule has 0 N–H and O–H groups in total. The first kappa shape index (κ1) is 12.4. The van der Waals surface area contributed by atoms with Crippen LogP contribution in [-0.4, -0.2) is 0 Å². The standard InChI is InChI=1S/C8H7I2.W/c1-5-3-7(9)6(2)8(10)4-5;/h3H,1-2H3;/q-1;. The molecule has 0 amide bonds. The summed E-state index contributed by atoms with van der Waals surface area (Å²) in [6.45, 7) is 4.20. The Kier molecular flexibility index (Phi) is 5.82. The van der Waals surface area contributed by atoms with Crippen molar-refractivity contribution >= 4 is 45.2 Å². The van der Waals surface area contributed by atoms with Crippen LogP contribution in [-0.2, 0) is 21.1 Å². The van der Waals surface area contributed by atoms with Crippen LogP contribution >= 0.6 is 45.2 Å². The average Bonchev–Trinajstić information content (AvgIpc) is 1.82. The Labute approximate surface area is 109 Å². The molecule has 3 heteroatoms. The Morgan fingerprint density at radius 2 is 1.82 bits per heavy atom. The van der Waals surface area contributed by atoms with Crippen molar-refractivity contribution in [1.29, 1.82) is 0 Å². The maximum Gasteiger partial charge on any atom is 0 e. The number of benzene rings is 1. The van der Waals surface area contributed by atoms with E-state index in [1.165, 1.54) is 18.3 Å². The zero-order valence-electron chi connectivity index (χ0n) is 6.24. The Balaban J connectivity index is 0.000001000. The van der Waals surface area contributed by atoms with E-state index >= 15 is 0 Å². The normalized spacial score (nSPS) is 9.09. The van der Waals surface area contributed by atoms with Gasteiger partial charge in [0.05, 0.1) is 0 Å². The predicted molar refractivity (Wildman–Crippen MR) is 60.2 cm³/mol. The summed E-state index contributed by atoms with van der Waals surface area (Å²) in [5.74, 6) is 0. The van der Waals surface area contributed by atoms with E-state index in [0.717, 1.165) is 0 Å². The fraction of sp³-hybridized carbons (Fsp3) is 0.250. The molecule has 0 nitrogen and oxygen atoms in total. The van der Waals surface area contributed by atoms with E-state index in [0.29, 0.717) is 0 Å². The molecule has 0 fully saturated rings. The molecule has 0 aliphatic heterocycles. The van der Waals surface area contributed by atoms with Gasteiger partial charge in [0.1, 0.15) is 0 Å². The summed E-state index contributed by atoms with van der Waals surface area (Å²) in [7, 11) is 0. The molecule has 0 saturated carbocycles. The van der Waals surface area contributed by atoms with Crippen LogP contribution in [0.2, 0.25) is 0 Å². The summed E-state index contributed by atoms with van der Waals surface area (Å²) >= 11 is 4.67. The first-order valence-electron chi connectivity index (χ1n) is 2.96. The molecule has 0 aliphatic rings. The van der Waals surface area contributed by atoms with E-state index in [4.69, 9.17) is 0 Å². The van der Waals surface area contributed by atoms with Gasteiger partial charge < -0.3 is 0 Å². The molecule has 0 aromatic heterocycles. The summed E-state index contributed by atoms with van der Waals surface area (Å²) in [5.41, 5.74) is 2.56. The number of aryl methyl sites for hydroxylation is 1. The van der Waals surface area contributed by atoms with Crippen LogP contribution in [0.3, 0.4) is 0 Å². The Morgan fingerprint density at radius 1 is 1.27 bits per heavy atom. The van der Waals surface area contributed by atoms with Crippen molar-refractivity contribution in [3.8, 4) is 0 Å². The smallest absolute Gasteiger partial charge is 0 e. The Bertz CT molecular complexity index is 235. The van der Waals surface area contributed by atoms with Crippen LogP contribution in [0, 0.1) is 27.1 Å². The molecule has 0 unspecified atom stereocenters. The Morgan fingerprint density at radius 3 is 2.27 bits per heavy atom. The molecule has 0 spiro atoms. The maximum atomic E-state index is 3.26. The van der Waals surface area contributed by atoms with E-state index < -0.39 is 0 Å². The first-order chi connectivity index (χ1) is 4.61. The van der Waals surface area contributed by atoms with Crippen molar-refractivity contribution in [2.45, 2.75) is 13.8 Å². The fourth-order valence-corrected chi connectivity index (χ4v) is 2.67. The van der Waals surface area contributed by atoms with E-state index in [1.807, 2.05) is 0 Å². The minimum Gasteiger partial charge on any atom is -0.166 e. The maximum absolute atomic E-state index is 3.26. The van der Waals surface area contributed by atoms with Gasteiger partial charge in [0, 0.05) is 21.1 Å². The fourth-order valence-electron chi connectivity index (χ4n) is 0.706. The van der Waals surface area contributed by atoms with Crippen molar-refractivity contribution in [2.24, 2.45) is 0 Å². The van der Waals surface area contributed by atoms with Crippen LogP contribution in [0.15, 0.2) is 6.07 Å². The van der Waals surface area contributed by atoms with E-state index in [1.54, 1.807) is 0 Å². The Hall–Kier alpha value is 1.37. The summed E-state index contributed by atoms with van der Waals surface area (Å²) in [6, 6.07) is 5.41. The molecule has 0 bridgehead atoms. The number of hydrogen-bond donors (Lipinski definition) is 0. The summed E-state index contributed by atoms with van der Waals surface area (Å²) < 4.78 is 2.57. The van der Waals surface area contributed by atoms with E-state index in [9.17, 15) is 0 Å². The van der Waals surface area contributed by atoms with E-state index in [-0.39, 0.29) is 21.1 Å². The van der Waals surface area contributed by atoms with Gasteiger partial charge in [0.25, 0.3) is 0 Å². The summed E-state index contributed by atoms with van der Waals surface area (Å²) in [6.07, 6.45) is 0. The van der Waals surface area contributed by atoms with Gasteiger partial charge in [-0.2, -0.15) is 17.7 Å². The van der Waals surface area contributed by atoms with Gasteiger partial charge in [-0.05, 0) is 0 Å². The summed E-state index contributed by atoms with van der Waals surface area (Å²) in [5, 5.41) is 0. The molecule has 1 aromatic carbocycles. The molecule has 1 rings (SSSR count).